The molecule has 2 aromatic heterocycles. The molecule has 2 aromatic carbocycles. The topological polar surface area (TPSA) is 56.7 Å². The van der Waals surface area contributed by atoms with Gasteiger partial charge in [0.2, 0.25) is 0 Å². The van der Waals surface area contributed by atoms with Crippen molar-refractivity contribution in [1.82, 2.24) is 4.57 Å². The largest absolute Gasteiger partial charge is 0.493 e. The fraction of sp³-hybridized carbons (Fsp3) is 0.200. The highest BCUT2D eigenvalue weighted by Gasteiger charge is 2.15. The van der Waals surface area contributed by atoms with Crippen LogP contribution in [0.2, 0.25) is 5.02 Å². The number of hydrogen-bond donors (Lipinski definition) is 0. The zero-order valence-electron chi connectivity index (χ0n) is 15.3. The molecule has 0 fully saturated rings. The molecule has 0 aliphatic carbocycles. The van der Waals surface area contributed by atoms with Crippen molar-refractivity contribution in [3.8, 4) is 5.75 Å². The first kappa shape index (κ1) is 19.1. The molecule has 0 radical (unpaired) electrons. The predicted octanol–water partition coefficient (Wildman–Crippen LogP) is 5.22. The number of furan rings is 1. The Balaban J connectivity index is 1.81. The molecule has 144 valence electrons. The minimum Gasteiger partial charge on any atom is -0.493 e. The van der Waals surface area contributed by atoms with E-state index in [2.05, 4.69) is 11.2 Å². The van der Waals surface area contributed by atoms with Gasteiger partial charge >= 0.3 is 5.91 Å². The fourth-order valence-corrected chi connectivity index (χ4v) is 4.67. The molecule has 0 atom stereocenters. The molecule has 0 bridgehead atoms. The number of carbonyl (C=O) groups is 1. The number of amides is 1. The summed E-state index contributed by atoms with van der Waals surface area (Å²) < 4.78 is 14.1. The number of hydrogen-bond acceptors (Lipinski definition) is 5. The van der Waals surface area contributed by atoms with Crippen LogP contribution in [0.4, 0.5) is 0 Å². The summed E-state index contributed by atoms with van der Waals surface area (Å²) in [4.78, 5) is 17.8. The molecule has 0 saturated heterocycles. The fourth-order valence-electron chi connectivity index (χ4n) is 2.98. The van der Waals surface area contributed by atoms with Gasteiger partial charge in [-0.25, -0.2) is 0 Å². The third-order valence-corrected chi connectivity index (χ3v) is 6.17. The smallest absolute Gasteiger partial charge is 0.315 e. The average Bonchev–Trinajstić information content (AvgIpc) is 3.27. The summed E-state index contributed by atoms with van der Waals surface area (Å²) in [5.41, 5.74) is 1.56. The van der Waals surface area contributed by atoms with E-state index in [0.29, 0.717) is 21.2 Å². The van der Waals surface area contributed by atoms with Gasteiger partial charge in [-0.1, -0.05) is 35.1 Å². The number of thioether (sulfide) groups is 1. The third-order valence-electron chi connectivity index (χ3n) is 4.30. The molecule has 4 aromatic rings. The lowest BCUT2D eigenvalue weighted by atomic mass is 10.2. The summed E-state index contributed by atoms with van der Waals surface area (Å²) in [5, 5.41) is 1.46. The Hall–Kier alpha value is -2.22. The summed E-state index contributed by atoms with van der Waals surface area (Å²) >= 11 is 9.31. The van der Waals surface area contributed by atoms with Gasteiger partial charge in [-0.05, 0) is 36.6 Å². The van der Waals surface area contributed by atoms with Crippen molar-refractivity contribution in [3.05, 3.63) is 58.0 Å². The average molecular weight is 433 g/mol. The molecule has 28 heavy (non-hydrogen) atoms. The number of para-hydroxylation sites is 1. The molecule has 5 nitrogen and oxygen atoms in total. The Labute approximate surface area is 174 Å². The van der Waals surface area contributed by atoms with E-state index in [1.165, 1.54) is 11.3 Å². The van der Waals surface area contributed by atoms with Crippen LogP contribution in [0.1, 0.15) is 10.6 Å². The SMILES string of the molecule is COc1cccc2cc(C(=O)N=c3sc4cc(Cl)ccc4n3CCSC)oc12. The number of halogens is 1. The number of fused-ring (bicyclic) bond motifs is 2. The quantitative estimate of drug-likeness (QED) is 0.434. The Kier molecular flexibility index (Phi) is 5.48. The van der Waals surface area contributed by atoms with E-state index in [0.717, 1.165) is 27.9 Å². The molecule has 0 aliphatic heterocycles. The van der Waals surface area contributed by atoms with E-state index in [1.54, 1.807) is 31.0 Å². The summed E-state index contributed by atoms with van der Waals surface area (Å²) in [6.07, 6.45) is 2.05. The van der Waals surface area contributed by atoms with Crippen LogP contribution in [-0.2, 0) is 6.54 Å². The maximum absolute atomic E-state index is 12.8. The number of methoxy groups -OCH3 is 1. The molecule has 0 spiro atoms. The molecular formula is C20H17ClN2O3S2. The number of thiazole rings is 1. The van der Waals surface area contributed by atoms with E-state index in [9.17, 15) is 4.79 Å². The molecular weight excluding hydrogens is 416 g/mol. The van der Waals surface area contributed by atoms with Crippen molar-refractivity contribution in [3.63, 3.8) is 0 Å². The summed E-state index contributed by atoms with van der Waals surface area (Å²) in [6.45, 7) is 0.753. The monoisotopic (exact) mass is 432 g/mol. The van der Waals surface area contributed by atoms with Gasteiger partial charge in [0.1, 0.15) is 0 Å². The normalized spacial score (nSPS) is 12.2. The van der Waals surface area contributed by atoms with E-state index >= 15 is 0 Å². The van der Waals surface area contributed by atoms with E-state index in [-0.39, 0.29) is 5.76 Å². The van der Waals surface area contributed by atoms with E-state index in [4.69, 9.17) is 20.8 Å². The van der Waals surface area contributed by atoms with Crippen LogP contribution in [0, 0.1) is 0 Å². The Morgan fingerprint density at radius 3 is 2.96 bits per heavy atom. The number of benzene rings is 2. The number of ether oxygens (including phenoxy) is 1. The maximum Gasteiger partial charge on any atom is 0.315 e. The van der Waals surface area contributed by atoms with Gasteiger partial charge in [0.05, 0.1) is 17.3 Å². The Morgan fingerprint density at radius 1 is 1.32 bits per heavy atom. The second-order valence-electron chi connectivity index (χ2n) is 6.05. The lowest BCUT2D eigenvalue weighted by molar-refractivity contribution is 0.0973. The van der Waals surface area contributed by atoms with Crippen LogP contribution >= 0.6 is 34.7 Å². The van der Waals surface area contributed by atoms with Crippen LogP contribution < -0.4 is 9.54 Å². The van der Waals surface area contributed by atoms with Crippen molar-refractivity contribution in [1.29, 1.82) is 0 Å². The first-order valence-electron chi connectivity index (χ1n) is 8.54. The van der Waals surface area contributed by atoms with Gasteiger partial charge in [-0.15, -0.1) is 0 Å². The third kappa shape index (κ3) is 3.57. The maximum atomic E-state index is 12.8. The standard InChI is InChI=1S/C20H17ClN2O3S2/c1-25-15-5-3-4-12-10-16(26-18(12)15)19(24)22-20-23(8-9-27-2)14-7-6-13(21)11-17(14)28-20/h3-7,10-11H,8-9H2,1-2H3. The summed E-state index contributed by atoms with van der Waals surface area (Å²) in [7, 11) is 1.57. The molecule has 1 amide bonds. The van der Waals surface area contributed by atoms with Crippen LogP contribution in [0.25, 0.3) is 21.2 Å². The molecule has 0 saturated carbocycles. The first-order valence-corrected chi connectivity index (χ1v) is 11.1. The minimum atomic E-state index is -0.422. The number of aryl methyl sites for hydroxylation is 1. The zero-order valence-corrected chi connectivity index (χ0v) is 17.7. The van der Waals surface area contributed by atoms with Crippen LogP contribution in [-0.4, -0.2) is 29.6 Å². The van der Waals surface area contributed by atoms with Gasteiger partial charge in [-0.2, -0.15) is 16.8 Å². The molecule has 4 rings (SSSR count). The van der Waals surface area contributed by atoms with Gasteiger partial charge in [0.15, 0.2) is 21.9 Å². The van der Waals surface area contributed by atoms with Crippen LogP contribution in [0.5, 0.6) is 5.75 Å². The van der Waals surface area contributed by atoms with Gasteiger partial charge in [0.25, 0.3) is 0 Å². The molecule has 0 aliphatic rings. The zero-order chi connectivity index (χ0) is 19.7. The van der Waals surface area contributed by atoms with Crippen molar-refractivity contribution in [2.45, 2.75) is 6.54 Å². The van der Waals surface area contributed by atoms with Crippen LogP contribution in [0.15, 0.2) is 51.9 Å². The summed E-state index contributed by atoms with van der Waals surface area (Å²) in [6, 6.07) is 12.9. The minimum absolute atomic E-state index is 0.186. The number of rotatable bonds is 5. The first-order chi connectivity index (χ1) is 13.6. The van der Waals surface area contributed by atoms with E-state index < -0.39 is 5.91 Å². The number of aromatic nitrogens is 1. The Bertz CT molecular complexity index is 1240. The lowest BCUT2D eigenvalue weighted by Gasteiger charge is -2.03. The number of nitrogens with zero attached hydrogens (tertiary/aromatic N) is 2. The highest BCUT2D eigenvalue weighted by molar-refractivity contribution is 7.98. The molecule has 0 unspecified atom stereocenters. The van der Waals surface area contributed by atoms with Crippen molar-refractivity contribution in [2.75, 3.05) is 19.1 Å². The molecule has 0 N–H and O–H groups in total. The van der Waals surface area contributed by atoms with Crippen molar-refractivity contribution in [2.24, 2.45) is 4.99 Å². The second-order valence-corrected chi connectivity index (χ2v) is 8.48. The highest BCUT2D eigenvalue weighted by atomic mass is 35.5. The number of carbonyl (C=O) groups excluding carboxylic acids is 1. The van der Waals surface area contributed by atoms with Crippen LogP contribution in [0.3, 0.4) is 0 Å². The molecule has 8 heteroatoms. The van der Waals surface area contributed by atoms with E-state index in [1.807, 2.05) is 34.9 Å². The van der Waals surface area contributed by atoms with Gasteiger partial charge in [0, 0.05) is 22.7 Å². The van der Waals surface area contributed by atoms with Crippen molar-refractivity contribution >= 4 is 61.8 Å². The summed E-state index contributed by atoms with van der Waals surface area (Å²) in [5.74, 6) is 1.26. The van der Waals surface area contributed by atoms with Gasteiger partial charge in [-0.3, -0.25) is 4.79 Å². The van der Waals surface area contributed by atoms with Gasteiger partial charge < -0.3 is 13.7 Å². The Morgan fingerprint density at radius 2 is 2.18 bits per heavy atom. The lowest BCUT2D eigenvalue weighted by Crippen LogP contribution is -2.18. The predicted molar refractivity (Wildman–Crippen MR) is 116 cm³/mol. The molecule has 2 heterocycles. The van der Waals surface area contributed by atoms with Crippen molar-refractivity contribution < 1.29 is 13.9 Å². The second kappa shape index (κ2) is 8.03. The highest BCUT2D eigenvalue weighted by Crippen LogP contribution is 2.29.